The van der Waals surface area contributed by atoms with Gasteiger partial charge >= 0.3 is 0 Å². The molecule has 0 amide bonds. The molecule has 2 aromatic heterocycles. The van der Waals surface area contributed by atoms with Gasteiger partial charge in [-0.1, -0.05) is 16.8 Å². The predicted octanol–water partition coefficient (Wildman–Crippen LogP) is 1.86. The van der Waals surface area contributed by atoms with Crippen molar-refractivity contribution in [3.05, 3.63) is 39.3 Å². The number of pyridine rings is 1. The first-order chi connectivity index (χ1) is 7.59. The first kappa shape index (κ1) is 11.2. The zero-order valence-electron chi connectivity index (χ0n) is 8.19. The molecule has 82 valence electrons. The summed E-state index contributed by atoms with van der Waals surface area (Å²) in [4.78, 5) is 16.0. The predicted molar refractivity (Wildman–Crippen MR) is 61.4 cm³/mol. The molecule has 0 spiro atoms. The van der Waals surface area contributed by atoms with Crippen molar-refractivity contribution >= 4 is 33.3 Å². The van der Waals surface area contributed by atoms with Crippen LogP contribution in [0, 0.1) is 0 Å². The summed E-state index contributed by atoms with van der Waals surface area (Å²) in [6.07, 6.45) is 1.42. The topological polar surface area (TPSA) is 60.7 Å². The van der Waals surface area contributed by atoms with Crippen LogP contribution in [0.15, 0.2) is 22.9 Å². The maximum absolute atomic E-state index is 12.0. The molecule has 0 aliphatic carbocycles. The van der Waals surface area contributed by atoms with Gasteiger partial charge in [-0.3, -0.25) is 9.78 Å². The van der Waals surface area contributed by atoms with Gasteiger partial charge in [-0.05, 0) is 28.1 Å². The molecule has 2 rings (SSSR count). The SMILES string of the molecule is Cn1nnc(Br)c1C(=O)c1ccc(Cl)cn1. The highest BCUT2D eigenvalue weighted by molar-refractivity contribution is 9.10. The molecule has 2 heterocycles. The minimum absolute atomic E-state index is 0.254. The molecule has 0 unspecified atom stereocenters. The molecular weight excluding hydrogens is 295 g/mol. The highest BCUT2D eigenvalue weighted by atomic mass is 79.9. The Hall–Kier alpha value is -1.27. The van der Waals surface area contributed by atoms with Crippen LogP contribution in [-0.4, -0.2) is 25.8 Å². The van der Waals surface area contributed by atoms with Gasteiger partial charge in [0.15, 0.2) is 4.60 Å². The molecule has 0 N–H and O–H groups in total. The van der Waals surface area contributed by atoms with Crippen LogP contribution in [0.25, 0.3) is 0 Å². The van der Waals surface area contributed by atoms with Crippen molar-refractivity contribution < 1.29 is 4.79 Å². The van der Waals surface area contributed by atoms with E-state index in [1.807, 2.05) is 0 Å². The van der Waals surface area contributed by atoms with Gasteiger partial charge in [-0.2, -0.15) is 0 Å². The molecular formula is C9H6BrClN4O. The van der Waals surface area contributed by atoms with Crippen LogP contribution >= 0.6 is 27.5 Å². The summed E-state index contributed by atoms with van der Waals surface area (Å²) in [5, 5.41) is 7.95. The quantitative estimate of drug-likeness (QED) is 0.794. The fourth-order valence-corrected chi connectivity index (χ4v) is 1.82. The largest absolute Gasteiger partial charge is 0.285 e. The minimum Gasteiger partial charge on any atom is -0.285 e. The Morgan fingerprint density at radius 2 is 2.25 bits per heavy atom. The Morgan fingerprint density at radius 1 is 1.50 bits per heavy atom. The number of hydrogen-bond acceptors (Lipinski definition) is 4. The van der Waals surface area contributed by atoms with E-state index >= 15 is 0 Å². The lowest BCUT2D eigenvalue weighted by molar-refractivity contribution is 0.102. The average molecular weight is 302 g/mol. The average Bonchev–Trinajstić information content (AvgIpc) is 2.59. The van der Waals surface area contributed by atoms with Gasteiger partial charge in [0, 0.05) is 13.2 Å². The van der Waals surface area contributed by atoms with Crippen LogP contribution in [0.2, 0.25) is 5.02 Å². The number of aryl methyl sites for hydroxylation is 1. The second kappa shape index (κ2) is 4.31. The van der Waals surface area contributed by atoms with Gasteiger partial charge in [0.1, 0.15) is 11.4 Å². The van der Waals surface area contributed by atoms with E-state index in [4.69, 9.17) is 11.6 Å². The molecule has 0 fully saturated rings. The first-order valence-corrected chi connectivity index (χ1v) is 5.48. The molecule has 0 saturated carbocycles. The van der Waals surface area contributed by atoms with Gasteiger partial charge in [0.25, 0.3) is 0 Å². The van der Waals surface area contributed by atoms with Gasteiger partial charge in [-0.15, -0.1) is 5.10 Å². The first-order valence-electron chi connectivity index (χ1n) is 4.31. The van der Waals surface area contributed by atoms with Gasteiger partial charge in [-0.25, -0.2) is 4.68 Å². The van der Waals surface area contributed by atoms with Gasteiger partial charge in [0.2, 0.25) is 5.78 Å². The number of carbonyl (C=O) groups excluding carboxylic acids is 1. The van der Waals surface area contributed by atoms with Crippen LogP contribution in [-0.2, 0) is 7.05 Å². The van der Waals surface area contributed by atoms with Crippen LogP contribution in [0.1, 0.15) is 16.2 Å². The fraction of sp³-hybridized carbons (Fsp3) is 0.111. The summed E-state index contributed by atoms with van der Waals surface area (Å²) in [5.41, 5.74) is 0.658. The Morgan fingerprint density at radius 3 is 2.75 bits per heavy atom. The van der Waals surface area contributed by atoms with Crippen molar-refractivity contribution in [2.45, 2.75) is 0 Å². The molecule has 0 aromatic carbocycles. The van der Waals surface area contributed by atoms with Crippen molar-refractivity contribution in [1.29, 1.82) is 0 Å². The van der Waals surface area contributed by atoms with E-state index in [-0.39, 0.29) is 5.78 Å². The lowest BCUT2D eigenvalue weighted by Gasteiger charge is -2.00. The highest BCUT2D eigenvalue weighted by Gasteiger charge is 2.19. The van der Waals surface area contributed by atoms with Crippen LogP contribution in [0.3, 0.4) is 0 Å². The molecule has 0 saturated heterocycles. The number of halogens is 2. The third-order valence-corrected chi connectivity index (χ3v) is 2.72. The third kappa shape index (κ3) is 1.98. The van der Waals surface area contributed by atoms with E-state index in [0.29, 0.717) is 21.0 Å². The maximum Gasteiger partial charge on any atom is 0.232 e. The number of aromatic nitrogens is 4. The maximum atomic E-state index is 12.0. The lowest BCUT2D eigenvalue weighted by atomic mass is 10.2. The zero-order valence-corrected chi connectivity index (χ0v) is 10.5. The number of carbonyl (C=O) groups is 1. The number of rotatable bonds is 2. The standard InChI is InChI=1S/C9H6BrClN4O/c1-15-7(9(10)13-14-15)8(16)6-3-2-5(11)4-12-6/h2-4H,1H3. The van der Waals surface area contributed by atoms with Crippen LogP contribution in [0.4, 0.5) is 0 Å². The van der Waals surface area contributed by atoms with Crippen LogP contribution in [0.5, 0.6) is 0 Å². The van der Waals surface area contributed by atoms with Crippen molar-refractivity contribution in [2.75, 3.05) is 0 Å². The Balaban J connectivity index is 2.43. The molecule has 7 heteroatoms. The molecule has 5 nitrogen and oxygen atoms in total. The van der Waals surface area contributed by atoms with E-state index in [9.17, 15) is 4.79 Å². The molecule has 0 bridgehead atoms. The summed E-state index contributed by atoms with van der Waals surface area (Å²) in [5.74, 6) is -0.254. The Kier molecular flexibility index (Phi) is 3.02. The monoisotopic (exact) mass is 300 g/mol. The zero-order chi connectivity index (χ0) is 11.7. The van der Waals surface area contributed by atoms with E-state index in [1.54, 1.807) is 19.2 Å². The number of hydrogen-bond donors (Lipinski definition) is 0. The van der Waals surface area contributed by atoms with Gasteiger partial charge < -0.3 is 0 Å². The van der Waals surface area contributed by atoms with E-state index in [0.717, 1.165) is 0 Å². The lowest BCUT2D eigenvalue weighted by Crippen LogP contribution is -2.10. The third-order valence-electron chi connectivity index (χ3n) is 1.96. The van der Waals surface area contributed by atoms with E-state index in [1.165, 1.54) is 10.9 Å². The van der Waals surface area contributed by atoms with E-state index in [2.05, 4.69) is 31.2 Å². The molecule has 0 aliphatic rings. The molecule has 0 atom stereocenters. The van der Waals surface area contributed by atoms with Crippen molar-refractivity contribution in [3.8, 4) is 0 Å². The Bertz CT molecular complexity index is 517. The molecule has 2 aromatic rings. The summed E-state index contributed by atoms with van der Waals surface area (Å²) < 4.78 is 1.79. The second-order valence-electron chi connectivity index (χ2n) is 3.04. The van der Waals surface area contributed by atoms with Crippen LogP contribution < -0.4 is 0 Å². The smallest absolute Gasteiger partial charge is 0.232 e. The summed E-state index contributed by atoms with van der Waals surface area (Å²) in [7, 11) is 1.64. The summed E-state index contributed by atoms with van der Waals surface area (Å²) in [6, 6.07) is 3.17. The minimum atomic E-state index is -0.254. The van der Waals surface area contributed by atoms with Crippen molar-refractivity contribution in [1.82, 2.24) is 20.0 Å². The van der Waals surface area contributed by atoms with E-state index < -0.39 is 0 Å². The number of ketones is 1. The molecule has 0 aliphatic heterocycles. The fourth-order valence-electron chi connectivity index (χ4n) is 1.20. The van der Waals surface area contributed by atoms with Crippen molar-refractivity contribution in [3.63, 3.8) is 0 Å². The number of nitrogens with zero attached hydrogens (tertiary/aromatic N) is 4. The molecule has 0 radical (unpaired) electrons. The highest BCUT2D eigenvalue weighted by Crippen LogP contribution is 2.16. The normalized spacial score (nSPS) is 10.4. The Labute approximate surface area is 105 Å². The summed E-state index contributed by atoms with van der Waals surface area (Å²) >= 11 is 8.85. The molecule has 16 heavy (non-hydrogen) atoms. The second-order valence-corrected chi connectivity index (χ2v) is 4.23. The van der Waals surface area contributed by atoms with Crippen molar-refractivity contribution in [2.24, 2.45) is 7.05 Å². The summed E-state index contributed by atoms with van der Waals surface area (Å²) in [6.45, 7) is 0. The van der Waals surface area contributed by atoms with Gasteiger partial charge in [0.05, 0.1) is 5.02 Å².